The number of nitrogens with one attached hydrogen (secondary N) is 2. The molecule has 2 N–H and O–H groups in total. The van der Waals surface area contributed by atoms with Crippen LogP contribution in [-0.2, 0) is 9.59 Å². The highest BCUT2D eigenvalue weighted by atomic mass is 35.5. The highest BCUT2D eigenvalue weighted by Crippen LogP contribution is 2.31. The van der Waals surface area contributed by atoms with Crippen LogP contribution in [0.3, 0.4) is 0 Å². The smallest absolute Gasteiger partial charge is 0.265 e. The Morgan fingerprint density at radius 3 is 2.68 bits per heavy atom. The summed E-state index contributed by atoms with van der Waals surface area (Å²) >= 11 is 7.06. The summed E-state index contributed by atoms with van der Waals surface area (Å²) < 4.78 is 5.49. The molecule has 2 unspecified atom stereocenters. The largest absolute Gasteiger partial charge is 0.479 e. The molecular formula is C20H19ClN2O4S. The number of thioether (sulfide) groups is 1. The van der Waals surface area contributed by atoms with Gasteiger partial charge in [-0.25, -0.2) is 0 Å². The van der Waals surface area contributed by atoms with E-state index in [4.69, 9.17) is 16.3 Å². The van der Waals surface area contributed by atoms with Crippen molar-refractivity contribution in [2.24, 2.45) is 0 Å². The van der Waals surface area contributed by atoms with Crippen LogP contribution in [0.25, 0.3) is 0 Å². The van der Waals surface area contributed by atoms with E-state index in [1.807, 2.05) is 0 Å². The van der Waals surface area contributed by atoms with Crippen LogP contribution >= 0.6 is 23.4 Å². The number of anilines is 2. The Morgan fingerprint density at radius 1 is 1.25 bits per heavy atom. The Hall–Kier alpha value is -2.51. The van der Waals surface area contributed by atoms with Gasteiger partial charge in [-0.05, 0) is 56.3 Å². The van der Waals surface area contributed by atoms with E-state index >= 15 is 0 Å². The number of ether oxygens (including phenoxy) is 1. The standard InChI is InChI=1S/C20H19ClN2O4S/c1-11-20(26)23-16-9-13(3-8-17(16)27-11)19(25)12(2)28-10-18(24)22-15-6-4-14(21)5-7-15/h3-9,11-12H,10H2,1-2H3,(H,22,24)(H,23,26). The maximum absolute atomic E-state index is 12.7. The summed E-state index contributed by atoms with van der Waals surface area (Å²) in [7, 11) is 0. The number of hydrogen-bond donors (Lipinski definition) is 2. The molecule has 1 heterocycles. The fourth-order valence-corrected chi connectivity index (χ4v) is 3.49. The number of halogens is 1. The van der Waals surface area contributed by atoms with Gasteiger partial charge in [0.05, 0.1) is 16.7 Å². The molecule has 8 heteroatoms. The van der Waals surface area contributed by atoms with E-state index in [0.29, 0.717) is 27.7 Å². The number of hydrogen-bond acceptors (Lipinski definition) is 5. The molecule has 2 aromatic carbocycles. The fraction of sp³-hybridized carbons (Fsp3) is 0.250. The summed E-state index contributed by atoms with van der Waals surface area (Å²) in [4.78, 5) is 36.5. The Kier molecular flexibility index (Phi) is 6.26. The molecule has 0 saturated carbocycles. The quantitative estimate of drug-likeness (QED) is 0.692. The zero-order valence-corrected chi connectivity index (χ0v) is 16.9. The predicted molar refractivity (Wildman–Crippen MR) is 111 cm³/mol. The minimum Gasteiger partial charge on any atom is -0.479 e. The number of carbonyl (C=O) groups is 3. The van der Waals surface area contributed by atoms with Crippen molar-refractivity contribution in [3.63, 3.8) is 0 Å². The number of benzene rings is 2. The molecule has 3 rings (SSSR count). The lowest BCUT2D eigenvalue weighted by Gasteiger charge is -2.23. The number of rotatable bonds is 6. The molecular weight excluding hydrogens is 400 g/mol. The molecule has 0 spiro atoms. The molecule has 28 heavy (non-hydrogen) atoms. The Labute approximate surface area is 172 Å². The van der Waals surface area contributed by atoms with Gasteiger partial charge in [-0.2, -0.15) is 0 Å². The Balaban J connectivity index is 1.57. The average molecular weight is 419 g/mol. The van der Waals surface area contributed by atoms with E-state index in [1.54, 1.807) is 56.3 Å². The van der Waals surface area contributed by atoms with Crippen molar-refractivity contribution >= 4 is 52.3 Å². The van der Waals surface area contributed by atoms with Crippen LogP contribution in [0.15, 0.2) is 42.5 Å². The van der Waals surface area contributed by atoms with Crippen LogP contribution in [0.1, 0.15) is 24.2 Å². The number of amides is 2. The van der Waals surface area contributed by atoms with Gasteiger partial charge in [0.15, 0.2) is 11.9 Å². The molecule has 6 nitrogen and oxygen atoms in total. The van der Waals surface area contributed by atoms with E-state index < -0.39 is 11.4 Å². The lowest BCUT2D eigenvalue weighted by Crippen LogP contribution is -2.34. The van der Waals surface area contributed by atoms with Gasteiger partial charge in [0, 0.05) is 16.3 Å². The molecule has 2 aromatic rings. The summed E-state index contributed by atoms with van der Waals surface area (Å²) in [6, 6.07) is 11.7. The van der Waals surface area contributed by atoms with Crippen molar-refractivity contribution in [1.82, 2.24) is 0 Å². The first kappa shape index (κ1) is 20.2. The molecule has 1 aliphatic rings. The first-order valence-corrected chi connectivity index (χ1v) is 10.1. The average Bonchev–Trinajstić information content (AvgIpc) is 2.68. The summed E-state index contributed by atoms with van der Waals surface area (Å²) in [6.45, 7) is 3.41. The zero-order valence-electron chi connectivity index (χ0n) is 15.3. The maximum atomic E-state index is 12.7. The minimum atomic E-state index is -0.567. The molecule has 0 saturated heterocycles. The third-order valence-corrected chi connectivity index (χ3v) is 5.55. The van der Waals surface area contributed by atoms with Crippen molar-refractivity contribution in [2.75, 3.05) is 16.4 Å². The highest BCUT2D eigenvalue weighted by molar-refractivity contribution is 8.01. The summed E-state index contributed by atoms with van der Waals surface area (Å²) in [5, 5.41) is 5.66. The maximum Gasteiger partial charge on any atom is 0.265 e. The van der Waals surface area contributed by atoms with Gasteiger partial charge in [0.1, 0.15) is 5.75 Å². The van der Waals surface area contributed by atoms with Crippen LogP contribution in [0.2, 0.25) is 5.02 Å². The van der Waals surface area contributed by atoms with Gasteiger partial charge in [0.25, 0.3) is 5.91 Å². The monoisotopic (exact) mass is 418 g/mol. The summed E-state index contributed by atoms with van der Waals surface area (Å²) in [5.41, 5.74) is 1.58. The third-order valence-electron chi connectivity index (χ3n) is 4.16. The van der Waals surface area contributed by atoms with Crippen LogP contribution in [-0.4, -0.2) is 34.7 Å². The molecule has 0 bridgehead atoms. The first-order valence-electron chi connectivity index (χ1n) is 8.66. The molecule has 0 radical (unpaired) electrons. The second-order valence-corrected chi connectivity index (χ2v) is 8.10. The van der Waals surface area contributed by atoms with E-state index in [1.165, 1.54) is 11.8 Å². The van der Waals surface area contributed by atoms with Crippen molar-refractivity contribution < 1.29 is 19.1 Å². The topological polar surface area (TPSA) is 84.5 Å². The number of carbonyl (C=O) groups excluding carboxylic acids is 3. The van der Waals surface area contributed by atoms with E-state index in [2.05, 4.69) is 10.6 Å². The molecule has 1 aliphatic heterocycles. The van der Waals surface area contributed by atoms with E-state index in [0.717, 1.165) is 0 Å². The van der Waals surface area contributed by atoms with Crippen LogP contribution in [0, 0.1) is 0 Å². The second-order valence-electron chi connectivity index (χ2n) is 6.33. The van der Waals surface area contributed by atoms with E-state index in [9.17, 15) is 14.4 Å². The lowest BCUT2D eigenvalue weighted by atomic mass is 10.1. The number of ketones is 1. The summed E-state index contributed by atoms with van der Waals surface area (Å²) in [5.74, 6) is 0.0920. The van der Waals surface area contributed by atoms with E-state index in [-0.39, 0.29) is 23.4 Å². The van der Waals surface area contributed by atoms with Gasteiger partial charge >= 0.3 is 0 Å². The first-order chi connectivity index (χ1) is 13.3. The minimum absolute atomic E-state index is 0.125. The molecule has 2 amide bonds. The molecule has 0 fully saturated rings. The number of fused-ring (bicyclic) bond motifs is 1. The highest BCUT2D eigenvalue weighted by Gasteiger charge is 2.25. The van der Waals surface area contributed by atoms with Crippen molar-refractivity contribution in [2.45, 2.75) is 25.2 Å². The van der Waals surface area contributed by atoms with Crippen LogP contribution in [0.5, 0.6) is 5.75 Å². The van der Waals surface area contributed by atoms with Gasteiger partial charge in [-0.3, -0.25) is 14.4 Å². The van der Waals surface area contributed by atoms with Crippen LogP contribution in [0.4, 0.5) is 11.4 Å². The van der Waals surface area contributed by atoms with Crippen molar-refractivity contribution in [3.05, 3.63) is 53.1 Å². The molecule has 2 atom stereocenters. The van der Waals surface area contributed by atoms with Crippen molar-refractivity contribution in [1.29, 1.82) is 0 Å². The normalized spacial score (nSPS) is 16.4. The SMILES string of the molecule is CC1Oc2ccc(C(=O)C(C)SCC(=O)Nc3ccc(Cl)cc3)cc2NC1=O. The van der Waals surface area contributed by atoms with Gasteiger partial charge in [0.2, 0.25) is 5.91 Å². The molecule has 146 valence electrons. The molecule has 0 aromatic heterocycles. The lowest BCUT2D eigenvalue weighted by molar-refractivity contribution is -0.122. The Morgan fingerprint density at radius 2 is 1.96 bits per heavy atom. The van der Waals surface area contributed by atoms with Gasteiger partial charge in [-0.1, -0.05) is 11.6 Å². The van der Waals surface area contributed by atoms with Crippen LogP contribution < -0.4 is 15.4 Å². The fourth-order valence-electron chi connectivity index (χ4n) is 2.60. The second kappa shape index (κ2) is 8.67. The molecule has 0 aliphatic carbocycles. The zero-order chi connectivity index (χ0) is 20.3. The van der Waals surface area contributed by atoms with Crippen molar-refractivity contribution in [3.8, 4) is 5.75 Å². The van der Waals surface area contributed by atoms with Gasteiger partial charge in [-0.15, -0.1) is 11.8 Å². The van der Waals surface area contributed by atoms with Gasteiger partial charge < -0.3 is 15.4 Å². The predicted octanol–water partition coefficient (Wildman–Crippen LogP) is 4.00. The third kappa shape index (κ3) is 4.85. The number of Topliss-reactive ketones (excluding diaryl/α,β-unsaturated/α-hetero) is 1. The summed E-state index contributed by atoms with van der Waals surface area (Å²) in [6.07, 6.45) is -0.567. The Bertz CT molecular complexity index is 917.